The Hall–Kier alpha value is -2.14. The molecule has 0 spiro atoms. The lowest BCUT2D eigenvalue weighted by Crippen LogP contribution is -2.34. The Kier molecular flexibility index (Phi) is 3.20. The van der Waals surface area contributed by atoms with Gasteiger partial charge in [0.15, 0.2) is 6.61 Å². The SMILES string of the molecule is Cc1cc(OCC(=O)NN)nc2ccccc12. The van der Waals surface area contributed by atoms with Crippen molar-refractivity contribution in [1.82, 2.24) is 10.4 Å². The van der Waals surface area contributed by atoms with E-state index in [1.54, 1.807) is 6.07 Å². The Labute approximate surface area is 98.6 Å². The van der Waals surface area contributed by atoms with Crippen LogP contribution in [0.15, 0.2) is 30.3 Å². The predicted molar refractivity (Wildman–Crippen MR) is 64.3 cm³/mol. The van der Waals surface area contributed by atoms with Crippen LogP contribution in [0.25, 0.3) is 10.9 Å². The number of hydrogen-bond acceptors (Lipinski definition) is 4. The van der Waals surface area contributed by atoms with Crippen molar-refractivity contribution in [3.05, 3.63) is 35.9 Å². The summed E-state index contributed by atoms with van der Waals surface area (Å²) >= 11 is 0. The normalized spacial score (nSPS) is 10.2. The van der Waals surface area contributed by atoms with Crippen LogP contribution in [-0.2, 0) is 4.79 Å². The van der Waals surface area contributed by atoms with E-state index in [2.05, 4.69) is 4.98 Å². The first kappa shape index (κ1) is 11.3. The fourth-order valence-corrected chi connectivity index (χ4v) is 1.57. The van der Waals surface area contributed by atoms with E-state index in [9.17, 15) is 4.79 Å². The number of benzene rings is 1. The van der Waals surface area contributed by atoms with Crippen LogP contribution < -0.4 is 16.0 Å². The number of pyridine rings is 1. The van der Waals surface area contributed by atoms with E-state index in [-0.39, 0.29) is 6.61 Å². The number of aryl methyl sites for hydroxylation is 1. The molecule has 5 heteroatoms. The van der Waals surface area contributed by atoms with E-state index in [4.69, 9.17) is 10.6 Å². The van der Waals surface area contributed by atoms with Crippen molar-refractivity contribution < 1.29 is 9.53 Å². The van der Waals surface area contributed by atoms with Crippen LogP contribution in [0.4, 0.5) is 0 Å². The highest BCUT2D eigenvalue weighted by Crippen LogP contribution is 2.20. The first-order valence-corrected chi connectivity index (χ1v) is 5.19. The van der Waals surface area contributed by atoms with Gasteiger partial charge >= 0.3 is 0 Å². The maximum absolute atomic E-state index is 10.9. The van der Waals surface area contributed by atoms with Crippen molar-refractivity contribution in [2.75, 3.05) is 6.61 Å². The zero-order valence-corrected chi connectivity index (χ0v) is 9.43. The first-order chi connectivity index (χ1) is 8.20. The number of nitrogens with one attached hydrogen (secondary N) is 1. The van der Waals surface area contributed by atoms with E-state index < -0.39 is 5.91 Å². The molecule has 0 bridgehead atoms. The molecule has 1 aromatic heterocycles. The van der Waals surface area contributed by atoms with Gasteiger partial charge in [-0.15, -0.1) is 0 Å². The third-order valence-electron chi connectivity index (χ3n) is 2.41. The fraction of sp³-hybridized carbons (Fsp3) is 0.167. The molecule has 0 saturated carbocycles. The van der Waals surface area contributed by atoms with Crippen molar-refractivity contribution in [3.63, 3.8) is 0 Å². The third kappa shape index (κ3) is 2.51. The van der Waals surface area contributed by atoms with Crippen LogP contribution in [0.5, 0.6) is 5.88 Å². The highest BCUT2D eigenvalue weighted by Gasteiger charge is 2.05. The molecular weight excluding hydrogens is 218 g/mol. The minimum Gasteiger partial charge on any atom is -0.467 e. The summed E-state index contributed by atoms with van der Waals surface area (Å²) in [5.74, 6) is 4.99. The molecule has 0 aliphatic heterocycles. The second-order valence-electron chi connectivity index (χ2n) is 3.65. The molecule has 3 N–H and O–H groups in total. The fourth-order valence-electron chi connectivity index (χ4n) is 1.57. The molecular formula is C12H13N3O2. The van der Waals surface area contributed by atoms with Gasteiger partial charge in [0.2, 0.25) is 5.88 Å². The molecule has 1 amide bonds. The topological polar surface area (TPSA) is 77.2 Å². The second kappa shape index (κ2) is 4.80. The number of rotatable bonds is 3. The summed E-state index contributed by atoms with van der Waals surface area (Å²) in [6.07, 6.45) is 0. The smallest absolute Gasteiger partial charge is 0.271 e. The van der Waals surface area contributed by atoms with E-state index >= 15 is 0 Å². The number of fused-ring (bicyclic) bond motifs is 1. The molecule has 1 heterocycles. The number of amides is 1. The summed E-state index contributed by atoms with van der Waals surface area (Å²) in [7, 11) is 0. The van der Waals surface area contributed by atoms with Crippen LogP contribution in [0.1, 0.15) is 5.56 Å². The Balaban J connectivity index is 2.27. The van der Waals surface area contributed by atoms with E-state index in [0.29, 0.717) is 5.88 Å². The van der Waals surface area contributed by atoms with Crippen LogP contribution in [-0.4, -0.2) is 17.5 Å². The van der Waals surface area contributed by atoms with Gasteiger partial charge in [-0.3, -0.25) is 10.2 Å². The molecule has 5 nitrogen and oxygen atoms in total. The average molecular weight is 231 g/mol. The average Bonchev–Trinajstić information content (AvgIpc) is 2.36. The van der Waals surface area contributed by atoms with Gasteiger partial charge in [-0.1, -0.05) is 18.2 Å². The highest BCUT2D eigenvalue weighted by molar-refractivity contribution is 5.82. The zero-order chi connectivity index (χ0) is 12.3. The van der Waals surface area contributed by atoms with Crippen LogP contribution in [0.2, 0.25) is 0 Å². The van der Waals surface area contributed by atoms with E-state index in [1.807, 2.05) is 36.6 Å². The van der Waals surface area contributed by atoms with Gasteiger partial charge in [-0.05, 0) is 18.6 Å². The lowest BCUT2D eigenvalue weighted by molar-refractivity contribution is -0.123. The number of hydrogen-bond donors (Lipinski definition) is 2. The summed E-state index contributed by atoms with van der Waals surface area (Å²) < 4.78 is 5.24. The molecule has 88 valence electrons. The lowest BCUT2D eigenvalue weighted by atomic mass is 10.1. The van der Waals surface area contributed by atoms with Crippen LogP contribution >= 0.6 is 0 Å². The molecule has 1 aromatic carbocycles. The van der Waals surface area contributed by atoms with Crippen molar-refractivity contribution in [2.24, 2.45) is 5.84 Å². The molecule has 0 saturated heterocycles. The van der Waals surface area contributed by atoms with Crippen molar-refractivity contribution >= 4 is 16.8 Å². The number of carbonyl (C=O) groups is 1. The van der Waals surface area contributed by atoms with Crippen LogP contribution in [0.3, 0.4) is 0 Å². The molecule has 0 atom stereocenters. The zero-order valence-electron chi connectivity index (χ0n) is 9.43. The maximum Gasteiger partial charge on any atom is 0.271 e. The molecule has 2 rings (SSSR count). The standard InChI is InChI=1S/C12H13N3O2/c1-8-6-12(17-7-11(16)15-13)14-10-5-3-2-4-9(8)10/h2-6H,7,13H2,1H3,(H,15,16). The summed E-state index contributed by atoms with van der Waals surface area (Å²) in [5, 5.41) is 1.07. The van der Waals surface area contributed by atoms with Gasteiger partial charge in [-0.25, -0.2) is 10.8 Å². The van der Waals surface area contributed by atoms with Gasteiger partial charge in [-0.2, -0.15) is 0 Å². The lowest BCUT2D eigenvalue weighted by Gasteiger charge is -2.07. The Morgan fingerprint density at radius 1 is 1.47 bits per heavy atom. The van der Waals surface area contributed by atoms with Crippen molar-refractivity contribution in [2.45, 2.75) is 6.92 Å². The first-order valence-electron chi connectivity index (χ1n) is 5.19. The maximum atomic E-state index is 10.9. The third-order valence-corrected chi connectivity index (χ3v) is 2.41. The van der Waals surface area contributed by atoms with Gasteiger partial charge < -0.3 is 4.74 Å². The van der Waals surface area contributed by atoms with E-state index in [1.165, 1.54) is 0 Å². The molecule has 0 radical (unpaired) electrons. The quantitative estimate of drug-likeness (QED) is 0.467. The van der Waals surface area contributed by atoms with Gasteiger partial charge in [0.05, 0.1) is 5.52 Å². The van der Waals surface area contributed by atoms with Gasteiger partial charge in [0.25, 0.3) is 5.91 Å². The highest BCUT2D eigenvalue weighted by atomic mass is 16.5. The number of hydrazine groups is 1. The van der Waals surface area contributed by atoms with E-state index in [0.717, 1.165) is 16.5 Å². The molecule has 0 aliphatic carbocycles. The number of ether oxygens (including phenoxy) is 1. The summed E-state index contributed by atoms with van der Waals surface area (Å²) in [5.41, 5.74) is 3.89. The molecule has 0 fully saturated rings. The Morgan fingerprint density at radius 3 is 3.00 bits per heavy atom. The Bertz CT molecular complexity index is 554. The van der Waals surface area contributed by atoms with Crippen molar-refractivity contribution in [3.8, 4) is 5.88 Å². The minimum atomic E-state index is -0.391. The second-order valence-corrected chi connectivity index (χ2v) is 3.65. The molecule has 0 aliphatic rings. The molecule has 0 unspecified atom stereocenters. The van der Waals surface area contributed by atoms with Gasteiger partial charge in [0.1, 0.15) is 0 Å². The number of aromatic nitrogens is 1. The number of carbonyl (C=O) groups excluding carboxylic acids is 1. The summed E-state index contributed by atoms with van der Waals surface area (Å²) in [6, 6.07) is 9.56. The van der Waals surface area contributed by atoms with Crippen molar-refractivity contribution in [1.29, 1.82) is 0 Å². The summed E-state index contributed by atoms with van der Waals surface area (Å²) in [6.45, 7) is 1.83. The monoisotopic (exact) mass is 231 g/mol. The van der Waals surface area contributed by atoms with Gasteiger partial charge in [0, 0.05) is 11.5 Å². The number of nitrogens with two attached hydrogens (primary N) is 1. The number of para-hydroxylation sites is 1. The minimum absolute atomic E-state index is 0.138. The molecule has 17 heavy (non-hydrogen) atoms. The largest absolute Gasteiger partial charge is 0.467 e. The number of nitrogens with zero attached hydrogens (tertiary/aromatic N) is 1. The Morgan fingerprint density at radius 2 is 2.24 bits per heavy atom. The predicted octanol–water partition coefficient (Wildman–Crippen LogP) is 0.912. The summed E-state index contributed by atoms with van der Waals surface area (Å²) in [4.78, 5) is 15.2. The van der Waals surface area contributed by atoms with Crippen LogP contribution in [0, 0.1) is 6.92 Å². The molecule has 2 aromatic rings.